The van der Waals surface area contributed by atoms with Crippen molar-refractivity contribution in [1.29, 1.82) is 0 Å². The van der Waals surface area contributed by atoms with Gasteiger partial charge in [-0.15, -0.1) is 0 Å². The molecule has 2 fully saturated rings. The van der Waals surface area contributed by atoms with Crippen LogP contribution in [0.5, 0.6) is 0 Å². The van der Waals surface area contributed by atoms with E-state index >= 15 is 0 Å². The molecule has 2 rings (SSSR count). The standard InChI is InChI=1S/C14H23NO4/c1-14(5-3-4-6-14)13(18)15-9-11(19-2)7-10(15)8-12(16)17/h10-11H,3-9H2,1-2H3,(H,16,17). The molecule has 1 aliphatic carbocycles. The van der Waals surface area contributed by atoms with Crippen molar-refractivity contribution in [3.63, 3.8) is 0 Å². The van der Waals surface area contributed by atoms with Crippen LogP contribution in [0.2, 0.25) is 0 Å². The van der Waals surface area contributed by atoms with Crippen molar-refractivity contribution < 1.29 is 19.4 Å². The third kappa shape index (κ3) is 2.91. The summed E-state index contributed by atoms with van der Waals surface area (Å²) in [6.07, 6.45) is 4.63. The molecular weight excluding hydrogens is 246 g/mol. The van der Waals surface area contributed by atoms with Crippen LogP contribution in [0.4, 0.5) is 0 Å². The first-order valence-corrected chi connectivity index (χ1v) is 7.02. The van der Waals surface area contributed by atoms with Crippen LogP contribution >= 0.6 is 0 Å². The van der Waals surface area contributed by atoms with Crippen LogP contribution in [0.25, 0.3) is 0 Å². The SMILES string of the molecule is COC1CC(CC(=O)O)N(C(=O)C2(C)CCCC2)C1. The minimum absolute atomic E-state index is 0.0156. The number of amides is 1. The van der Waals surface area contributed by atoms with Crippen LogP contribution in [0.15, 0.2) is 0 Å². The smallest absolute Gasteiger partial charge is 0.305 e. The van der Waals surface area contributed by atoms with Gasteiger partial charge in [0, 0.05) is 25.1 Å². The molecule has 0 radical (unpaired) electrons. The highest BCUT2D eigenvalue weighted by Crippen LogP contribution is 2.41. The number of carbonyl (C=O) groups is 2. The van der Waals surface area contributed by atoms with Crippen molar-refractivity contribution in [2.75, 3.05) is 13.7 Å². The van der Waals surface area contributed by atoms with Gasteiger partial charge in [-0.1, -0.05) is 19.8 Å². The van der Waals surface area contributed by atoms with Gasteiger partial charge >= 0.3 is 5.97 Å². The Hall–Kier alpha value is -1.10. The summed E-state index contributed by atoms with van der Waals surface area (Å²) in [5, 5.41) is 8.98. The normalized spacial score (nSPS) is 29.7. The van der Waals surface area contributed by atoms with Crippen molar-refractivity contribution in [2.45, 2.75) is 57.6 Å². The molecule has 108 valence electrons. The Morgan fingerprint density at radius 3 is 2.53 bits per heavy atom. The molecule has 0 bridgehead atoms. The van der Waals surface area contributed by atoms with E-state index in [1.54, 1.807) is 12.0 Å². The van der Waals surface area contributed by atoms with Gasteiger partial charge in [-0.3, -0.25) is 9.59 Å². The summed E-state index contributed by atoms with van der Waals surface area (Å²) in [4.78, 5) is 25.4. The zero-order valence-electron chi connectivity index (χ0n) is 11.7. The number of carbonyl (C=O) groups excluding carboxylic acids is 1. The molecule has 0 spiro atoms. The third-order valence-electron chi connectivity index (χ3n) is 4.60. The Bertz CT molecular complexity index is 362. The first-order valence-electron chi connectivity index (χ1n) is 7.02. The molecule has 1 saturated carbocycles. The van der Waals surface area contributed by atoms with E-state index in [9.17, 15) is 9.59 Å². The highest BCUT2D eigenvalue weighted by molar-refractivity contribution is 5.84. The molecule has 1 heterocycles. The fourth-order valence-electron chi connectivity index (χ4n) is 3.40. The molecule has 2 unspecified atom stereocenters. The van der Waals surface area contributed by atoms with Crippen molar-refractivity contribution in [3.8, 4) is 0 Å². The summed E-state index contributed by atoms with van der Waals surface area (Å²) in [6, 6.07) is -0.215. The quantitative estimate of drug-likeness (QED) is 0.843. The van der Waals surface area contributed by atoms with E-state index in [1.165, 1.54) is 0 Å². The molecule has 1 N–H and O–H groups in total. The van der Waals surface area contributed by atoms with Crippen molar-refractivity contribution in [3.05, 3.63) is 0 Å². The second-order valence-corrected chi connectivity index (χ2v) is 6.07. The maximum absolute atomic E-state index is 12.7. The van der Waals surface area contributed by atoms with Crippen molar-refractivity contribution in [2.24, 2.45) is 5.41 Å². The fourth-order valence-corrected chi connectivity index (χ4v) is 3.40. The molecule has 5 nitrogen and oxygen atoms in total. The van der Waals surface area contributed by atoms with E-state index in [0.717, 1.165) is 25.7 Å². The lowest BCUT2D eigenvalue weighted by Gasteiger charge is -2.32. The number of aliphatic carboxylic acids is 1. The van der Waals surface area contributed by atoms with Gasteiger partial charge in [0.1, 0.15) is 0 Å². The Morgan fingerprint density at radius 2 is 2.00 bits per heavy atom. The van der Waals surface area contributed by atoms with E-state index < -0.39 is 5.97 Å². The van der Waals surface area contributed by atoms with E-state index in [2.05, 4.69) is 0 Å². The average Bonchev–Trinajstić information content (AvgIpc) is 2.95. The predicted molar refractivity (Wildman–Crippen MR) is 69.7 cm³/mol. The van der Waals surface area contributed by atoms with Gasteiger partial charge in [-0.2, -0.15) is 0 Å². The van der Waals surface area contributed by atoms with Gasteiger partial charge in [0.05, 0.1) is 12.5 Å². The van der Waals surface area contributed by atoms with Crippen LogP contribution in [-0.4, -0.2) is 47.7 Å². The molecule has 0 aromatic rings. The number of likely N-dealkylation sites (tertiary alicyclic amines) is 1. The Morgan fingerprint density at radius 1 is 1.37 bits per heavy atom. The number of carboxylic acid groups (broad SMARTS) is 1. The number of hydrogen-bond donors (Lipinski definition) is 1. The van der Waals surface area contributed by atoms with Crippen LogP contribution in [-0.2, 0) is 14.3 Å². The maximum Gasteiger partial charge on any atom is 0.305 e. The molecule has 19 heavy (non-hydrogen) atoms. The second-order valence-electron chi connectivity index (χ2n) is 6.07. The molecule has 2 atom stereocenters. The number of ether oxygens (including phenoxy) is 1. The molecule has 5 heteroatoms. The molecule has 2 aliphatic rings. The number of methoxy groups -OCH3 is 1. The summed E-state index contributed by atoms with van der Waals surface area (Å²) in [5.74, 6) is -0.730. The van der Waals surface area contributed by atoms with Crippen LogP contribution in [0.1, 0.15) is 45.4 Å². The van der Waals surface area contributed by atoms with E-state index in [-0.39, 0.29) is 29.9 Å². The number of nitrogens with zero attached hydrogens (tertiary/aromatic N) is 1. The lowest BCUT2D eigenvalue weighted by molar-refractivity contribution is -0.144. The van der Waals surface area contributed by atoms with Gasteiger partial charge < -0.3 is 14.7 Å². The zero-order valence-corrected chi connectivity index (χ0v) is 11.7. The molecular formula is C14H23NO4. The molecule has 1 saturated heterocycles. The summed E-state index contributed by atoms with van der Waals surface area (Å²) in [6.45, 7) is 2.54. The first-order chi connectivity index (χ1) is 8.96. The van der Waals surface area contributed by atoms with Gasteiger partial charge in [0.15, 0.2) is 0 Å². The van der Waals surface area contributed by atoms with Crippen LogP contribution in [0, 0.1) is 5.41 Å². The lowest BCUT2D eigenvalue weighted by atomic mass is 9.87. The first kappa shape index (κ1) is 14.3. The fraction of sp³-hybridized carbons (Fsp3) is 0.857. The van der Waals surface area contributed by atoms with Crippen LogP contribution in [0.3, 0.4) is 0 Å². The summed E-state index contributed by atoms with van der Waals surface area (Å²) < 4.78 is 5.31. The Kier molecular flexibility index (Phi) is 4.13. The highest BCUT2D eigenvalue weighted by Gasteiger charge is 2.45. The zero-order chi connectivity index (χ0) is 14.0. The second kappa shape index (κ2) is 5.49. The van der Waals surface area contributed by atoms with E-state index in [1.807, 2.05) is 6.92 Å². The minimum Gasteiger partial charge on any atom is -0.481 e. The Balaban J connectivity index is 2.10. The minimum atomic E-state index is -0.851. The van der Waals surface area contributed by atoms with E-state index in [0.29, 0.717) is 13.0 Å². The van der Waals surface area contributed by atoms with Gasteiger partial charge in [-0.05, 0) is 19.3 Å². The van der Waals surface area contributed by atoms with Gasteiger partial charge in [0.25, 0.3) is 0 Å². The number of hydrogen-bond acceptors (Lipinski definition) is 3. The third-order valence-corrected chi connectivity index (χ3v) is 4.60. The molecule has 1 amide bonds. The average molecular weight is 269 g/mol. The maximum atomic E-state index is 12.7. The topological polar surface area (TPSA) is 66.8 Å². The number of carboxylic acids is 1. The largest absolute Gasteiger partial charge is 0.481 e. The van der Waals surface area contributed by atoms with Crippen molar-refractivity contribution >= 4 is 11.9 Å². The summed E-state index contributed by atoms with van der Waals surface area (Å²) >= 11 is 0. The monoisotopic (exact) mass is 269 g/mol. The van der Waals surface area contributed by atoms with Crippen LogP contribution < -0.4 is 0 Å². The van der Waals surface area contributed by atoms with E-state index in [4.69, 9.17) is 9.84 Å². The summed E-state index contributed by atoms with van der Waals surface area (Å²) in [5.41, 5.74) is -0.292. The lowest BCUT2D eigenvalue weighted by Crippen LogP contribution is -2.44. The Labute approximate surface area is 113 Å². The predicted octanol–water partition coefficient (Wildman–Crippen LogP) is 1.66. The highest BCUT2D eigenvalue weighted by atomic mass is 16.5. The van der Waals surface area contributed by atoms with Gasteiger partial charge in [0.2, 0.25) is 5.91 Å². The molecule has 1 aliphatic heterocycles. The summed E-state index contributed by atoms with van der Waals surface area (Å²) in [7, 11) is 1.62. The van der Waals surface area contributed by atoms with Crippen molar-refractivity contribution in [1.82, 2.24) is 4.90 Å². The molecule has 0 aromatic carbocycles. The number of rotatable bonds is 4. The van der Waals surface area contributed by atoms with Gasteiger partial charge in [-0.25, -0.2) is 0 Å². The molecule has 0 aromatic heterocycles.